The minimum absolute atomic E-state index is 0.616. The van der Waals surface area contributed by atoms with Crippen LogP contribution in [0, 0.1) is 0 Å². The molecule has 1 aromatic carbocycles. The normalized spacial score (nSPS) is 16.0. The predicted octanol–water partition coefficient (Wildman–Crippen LogP) is 3.04. The Labute approximate surface area is 153 Å². The lowest BCUT2D eigenvalue weighted by Gasteiger charge is -2.31. The van der Waals surface area contributed by atoms with Gasteiger partial charge in [-0.2, -0.15) is 0 Å². The first kappa shape index (κ1) is 16.8. The summed E-state index contributed by atoms with van der Waals surface area (Å²) in [5, 5.41) is 8.58. The highest BCUT2D eigenvalue weighted by Crippen LogP contribution is 2.30. The van der Waals surface area contributed by atoms with E-state index in [2.05, 4.69) is 50.7 Å². The van der Waals surface area contributed by atoms with Gasteiger partial charge in [-0.15, -0.1) is 5.10 Å². The van der Waals surface area contributed by atoms with Crippen LogP contribution in [0.5, 0.6) is 5.75 Å². The molecule has 26 heavy (non-hydrogen) atoms. The van der Waals surface area contributed by atoms with Crippen molar-refractivity contribution in [2.24, 2.45) is 0 Å². The van der Waals surface area contributed by atoms with E-state index in [1.807, 2.05) is 23.0 Å². The first-order valence-corrected chi connectivity index (χ1v) is 9.18. The maximum Gasteiger partial charge on any atom is 0.119 e. The predicted molar refractivity (Wildman–Crippen MR) is 100 cm³/mol. The Morgan fingerprint density at radius 2 is 2.04 bits per heavy atom. The molecular formula is C20H25N5O. The van der Waals surface area contributed by atoms with Crippen molar-refractivity contribution in [1.82, 2.24) is 24.9 Å². The number of ether oxygens (including phenoxy) is 1. The zero-order valence-electron chi connectivity index (χ0n) is 15.1. The summed E-state index contributed by atoms with van der Waals surface area (Å²) >= 11 is 0. The third-order valence-corrected chi connectivity index (χ3v) is 5.12. The van der Waals surface area contributed by atoms with Gasteiger partial charge >= 0.3 is 0 Å². The van der Waals surface area contributed by atoms with Crippen LogP contribution < -0.4 is 4.74 Å². The molecule has 3 heterocycles. The van der Waals surface area contributed by atoms with Crippen molar-refractivity contribution in [2.75, 3.05) is 20.2 Å². The van der Waals surface area contributed by atoms with E-state index in [0.29, 0.717) is 5.92 Å². The highest BCUT2D eigenvalue weighted by molar-refractivity contribution is 5.31. The van der Waals surface area contributed by atoms with E-state index < -0.39 is 0 Å². The van der Waals surface area contributed by atoms with Gasteiger partial charge in [0.1, 0.15) is 5.75 Å². The molecule has 6 nitrogen and oxygen atoms in total. The smallest absolute Gasteiger partial charge is 0.119 e. The molecule has 2 aromatic heterocycles. The molecule has 3 aromatic rings. The molecule has 1 fully saturated rings. The van der Waals surface area contributed by atoms with E-state index in [1.54, 1.807) is 7.11 Å². The van der Waals surface area contributed by atoms with Crippen molar-refractivity contribution >= 4 is 0 Å². The minimum Gasteiger partial charge on any atom is -0.497 e. The first-order valence-electron chi connectivity index (χ1n) is 9.18. The van der Waals surface area contributed by atoms with Crippen LogP contribution in [0.25, 0.3) is 0 Å². The largest absolute Gasteiger partial charge is 0.497 e. The Bertz CT molecular complexity index is 818. The Morgan fingerprint density at radius 1 is 1.15 bits per heavy atom. The summed E-state index contributed by atoms with van der Waals surface area (Å²) in [5.74, 6) is 1.56. The number of hydrogen-bond acceptors (Lipinski definition) is 4. The number of likely N-dealkylation sites (tertiary alicyclic amines) is 1. The Hall–Kier alpha value is -2.60. The molecular weight excluding hydrogens is 326 g/mol. The van der Waals surface area contributed by atoms with E-state index in [1.165, 1.54) is 18.4 Å². The summed E-state index contributed by atoms with van der Waals surface area (Å²) in [4.78, 5) is 5.67. The fourth-order valence-electron chi connectivity index (χ4n) is 3.68. The topological polar surface area (TPSA) is 59.0 Å². The van der Waals surface area contributed by atoms with Gasteiger partial charge in [0.05, 0.1) is 25.5 Å². The maximum absolute atomic E-state index is 5.36. The first-order chi connectivity index (χ1) is 12.8. The van der Waals surface area contributed by atoms with Crippen molar-refractivity contribution in [2.45, 2.75) is 31.8 Å². The molecule has 1 N–H and O–H groups in total. The SMILES string of the molecule is COc1cccc(C2CCN(Cc3cn(Cc4ccc[nH]4)nn3)CC2)c1. The second kappa shape index (κ2) is 7.74. The third kappa shape index (κ3) is 3.96. The van der Waals surface area contributed by atoms with Crippen molar-refractivity contribution in [1.29, 1.82) is 0 Å². The van der Waals surface area contributed by atoms with Gasteiger partial charge in [0.15, 0.2) is 0 Å². The van der Waals surface area contributed by atoms with Crippen molar-refractivity contribution in [3.8, 4) is 5.75 Å². The molecule has 4 rings (SSSR count). The van der Waals surface area contributed by atoms with Gasteiger partial charge in [0, 0.05) is 18.4 Å². The summed E-state index contributed by atoms with van der Waals surface area (Å²) in [6.07, 6.45) is 6.32. The quantitative estimate of drug-likeness (QED) is 0.742. The van der Waals surface area contributed by atoms with E-state index in [4.69, 9.17) is 4.74 Å². The number of benzene rings is 1. The zero-order valence-corrected chi connectivity index (χ0v) is 15.1. The number of aromatic amines is 1. The van der Waals surface area contributed by atoms with E-state index in [-0.39, 0.29) is 0 Å². The van der Waals surface area contributed by atoms with Gasteiger partial charge in [-0.25, -0.2) is 4.68 Å². The molecule has 0 radical (unpaired) electrons. The number of piperidine rings is 1. The number of H-pyrrole nitrogens is 1. The highest BCUT2D eigenvalue weighted by Gasteiger charge is 2.21. The summed E-state index contributed by atoms with van der Waals surface area (Å²) in [7, 11) is 1.73. The minimum atomic E-state index is 0.616. The van der Waals surface area contributed by atoms with Crippen LogP contribution in [0.3, 0.4) is 0 Å². The summed E-state index contributed by atoms with van der Waals surface area (Å²) in [6, 6.07) is 12.5. The summed E-state index contributed by atoms with van der Waals surface area (Å²) in [6.45, 7) is 3.78. The van der Waals surface area contributed by atoms with Crippen molar-refractivity contribution in [3.05, 3.63) is 65.7 Å². The monoisotopic (exact) mass is 351 g/mol. The van der Waals surface area contributed by atoms with Crippen LogP contribution >= 0.6 is 0 Å². The molecule has 1 aliphatic heterocycles. The number of rotatable bonds is 6. The summed E-state index contributed by atoms with van der Waals surface area (Å²) < 4.78 is 7.25. The third-order valence-electron chi connectivity index (χ3n) is 5.12. The van der Waals surface area contributed by atoms with Crippen LogP contribution in [-0.4, -0.2) is 45.1 Å². The maximum atomic E-state index is 5.36. The lowest BCUT2D eigenvalue weighted by molar-refractivity contribution is 0.202. The van der Waals surface area contributed by atoms with E-state index >= 15 is 0 Å². The molecule has 0 saturated carbocycles. The second-order valence-corrected chi connectivity index (χ2v) is 6.93. The molecule has 0 aliphatic carbocycles. The Kier molecular flexibility index (Phi) is 5.02. The fourth-order valence-corrected chi connectivity index (χ4v) is 3.68. The molecule has 0 atom stereocenters. The average Bonchev–Trinajstić information content (AvgIpc) is 3.35. The standard InChI is InChI=1S/C20H25N5O/c1-26-20-6-2-4-17(12-20)16-7-10-24(11-8-16)13-19-15-25(23-22-19)14-18-5-3-9-21-18/h2-6,9,12,15-16,21H,7-8,10-11,13-14H2,1H3. The van der Waals surface area contributed by atoms with Crippen LogP contribution in [0.1, 0.15) is 35.7 Å². The molecule has 1 aliphatic rings. The van der Waals surface area contributed by atoms with E-state index in [9.17, 15) is 0 Å². The Balaban J connectivity index is 1.30. The molecule has 0 spiro atoms. The molecule has 0 amide bonds. The number of nitrogens with zero attached hydrogens (tertiary/aromatic N) is 4. The molecule has 6 heteroatoms. The number of methoxy groups -OCH3 is 1. The van der Waals surface area contributed by atoms with Crippen molar-refractivity contribution < 1.29 is 4.74 Å². The molecule has 0 bridgehead atoms. The summed E-state index contributed by atoms with van der Waals surface area (Å²) in [5.41, 5.74) is 3.57. The second-order valence-electron chi connectivity index (χ2n) is 6.93. The fraction of sp³-hybridized carbons (Fsp3) is 0.400. The van der Waals surface area contributed by atoms with Crippen molar-refractivity contribution in [3.63, 3.8) is 0 Å². The van der Waals surface area contributed by atoms with Crippen LogP contribution in [0.4, 0.5) is 0 Å². The lowest BCUT2D eigenvalue weighted by atomic mass is 9.89. The van der Waals surface area contributed by atoms with Gasteiger partial charge in [-0.05, 0) is 61.7 Å². The van der Waals surface area contributed by atoms with Crippen LogP contribution in [-0.2, 0) is 13.1 Å². The molecule has 1 saturated heterocycles. The van der Waals surface area contributed by atoms with Gasteiger partial charge in [-0.3, -0.25) is 4.90 Å². The average molecular weight is 351 g/mol. The zero-order chi connectivity index (χ0) is 17.8. The van der Waals surface area contributed by atoms with Gasteiger partial charge in [0.25, 0.3) is 0 Å². The number of nitrogens with one attached hydrogen (secondary N) is 1. The lowest BCUT2D eigenvalue weighted by Crippen LogP contribution is -2.32. The number of aromatic nitrogens is 4. The Morgan fingerprint density at radius 3 is 2.81 bits per heavy atom. The van der Waals surface area contributed by atoms with Crippen LogP contribution in [0.15, 0.2) is 48.8 Å². The van der Waals surface area contributed by atoms with Gasteiger partial charge in [-0.1, -0.05) is 17.3 Å². The van der Waals surface area contributed by atoms with Crippen LogP contribution in [0.2, 0.25) is 0 Å². The molecule has 0 unspecified atom stereocenters. The van der Waals surface area contributed by atoms with Gasteiger partial charge < -0.3 is 9.72 Å². The molecule has 136 valence electrons. The highest BCUT2D eigenvalue weighted by atomic mass is 16.5. The number of hydrogen-bond donors (Lipinski definition) is 1. The van der Waals surface area contributed by atoms with E-state index in [0.717, 1.165) is 43.3 Å². The van der Waals surface area contributed by atoms with Gasteiger partial charge in [0.2, 0.25) is 0 Å².